The summed E-state index contributed by atoms with van der Waals surface area (Å²) in [6.45, 7) is 7.26. The first-order chi connectivity index (χ1) is 17.0. The number of allylic oxidation sites excluding steroid dienone is 2. The molecule has 3 aromatic carbocycles. The molecule has 0 fully saturated rings. The van der Waals surface area contributed by atoms with Gasteiger partial charge in [0.1, 0.15) is 17.3 Å². The van der Waals surface area contributed by atoms with Gasteiger partial charge in [0.25, 0.3) is 0 Å². The van der Waals surface area contributed by atoms with Crippen LogP contribution >= 0.6 is 0 Å². The average molecular weight is 461 g/mol. The first-order valence-corrected chi connectivity index (χ1v) is 11.9. The van der Waals surface area contributed by atoms with Gasteiger partial charge < -0.3 is 14.5 Å². The number of aryl methyl sites for hydroxylation is 1. The fourth-order valence-electron chi connectivity index (χ4n) is 4.93. The molecule has 3 heterocycles. The van der Waals surface area contributed by atoms with Crippen molar-refractivity contribution in [3.8, 4) is 17.3 Å². The Morgan fingerprint density at radius 2 is 1.54 bits per heavy atom. The van der Waals surface area contributed by atoms with Crippen LogP contribution in [0.4, 0.5) is 5.69 Å². The lowest BCUT2D eigenvalue weighted by atomic mass is 10.1. The van der Waals surface area contributed by atoms with Gasteiger partial charge in [-0.05, 0) is 68.8 Å². The zero-order valence-corrected chi connectivity index (χ0v) is 20.5. The lowest BCUT2D eigenvalue weighted by Crippen LogP contribution is -2.24. The maximum Gasteiger partial charge on any atom is 0.137 e. The number of fused-ring (bicyclic) bond motifs is 3. The summed E-state index contributed by atoms with van der Waals surface area (Å²) in [5, 5.41) is 2.39. The molecule has 5 nitrogen and oxygen atoms in total. The number of nitrogens with zero attached hydrogens (tertiary/aromatic N) is 4. The molecule has 0 atom stereocenters. The molecule has 5 heteroatoms. The largest absolute Gasteiger partial charge is 0.457 e. The van der Waals surface area contributed by atoms with Crippen molar-refractivity contribution >= 4 is 27.5 Å². The zero-order chi connectivity index (χ0) is 24.1. The second-order valence-corrected chi connectivity index (χ2v) is 9.26. The highest BCUT2D eigenvalue weighted by atomic mass is 16.5. The van der Waals surface area contributed by atoms with E-state index in [0.29, 0.717) is 0 Å². The normalized spacial score (nSPS) is 13.9. The molecule has 5 aromatic rings. The molecule has 1 aliphatic rings. The third kappa shape index (κ3) is 3.60. The van der Waals surface area contributed by atoms with Crippen molar-refractivity contribution in [1.82, 2.24) is 14.5 Å². The Balaban J connectivity index is 1.42. The predicted octanol–water partition coefficient (Wildman–Crippen LogP) is 7.24. The first kappa shape index (κ1) is 21.3. The third-order valence-corrected chi connectivity index (χ3v) is 6.99. The number of anilines is 1. The van der Waals surface area contributed by atoms with Crippen molar-refractivity contribution in [1.29, 1.82) is 0 Å². The van der Waals surface area contributed by atoms with Crippen LogP contribution in [-0.4, -0.2) is 28.2 Å². The van der Waals surface area contributed by atoms with Gasteiger partial charge in [0.15, 0.2) is 0 Å². The van der Waals surface area contributed by atoms with Crippen molar-refractivity contribution in [2.45, 2.75) is 20.8 Å². The van der Waals surface area contributed by atoms with Crippen LogP contribution in [0.3, 0.4) is 0 Å². The molecule has 0 N–H and O–H groups in total. The standard InChI is InChI=1S/C30H28N4O/c1-20-14-15-31-30(16-20)34-28-11-6-5-10-26(28)27-13-12-25(18-29(27)34)35-24-9-7-8-23(17-24)33-19-32(4)21(2)22(33)3/h5-18H,19H2,1-4H3. The Hall–Kier alpha value is -4.25. The average Bonchev–Trinajstić information content (AvgIpc) is 3.33. The van der Waals surface area contributed by atoms with Crippen LogP contribution in [0.1, 0.15) is 19.4 Å². The van der Waals surface area contributed by atoms with Crippen LogP contribution in [0.15, 0.2) is 96.5 Å². The highest BCUT2D eigenvalue weighted by molar-refractivity contribution is 6.09. The Labute approximate surface area is 205 Å². The molecular formula is C30H28N4O. The number of hydrogen-bond acceptors (Lipinski definition) is 4. The van der Waals surface area contributed by atoms with E-state index in [1.54, 1.807) is 0 Å². The van der Waals surface area contributed by atoms with E-state index < -0.39 is 0 Å². The summed E-state index contributed by atoms with van der Waals surface area (Å²) in [6, 6.07) is 27.2. The molecule has 0 bridgehead atoms. The van der Waals surface area contributed by atoms with Crippen LogP contribution in [-0.2, 0) is 0 Å². The lowest BCUT2D eigenvalue weighted by molar-refractivity contribution is 0.459. The maximum absolute atomic E-state index is 6.40. The summed E-state index contributed by atoms with van der Waals surface area (Å²) in [5.74, 6) is 2.53. The molecule has 6 rings (SSSR count). The molecule has 174 valence electrons. The summed E-state index contributed by atoms with van der Waals surface area (Å²) in [4.78, 5) is 9.25. The topological polar surface area (TPSA) is 33.5 Å². The van der Waals surface area contributed by atoms with E-state index >= 15 is 0 Å². The summed E-state index contributed by atoms with van der Waals surface area (Å²) in [7, 11) is 2.12. The molecular weight excluding hydrogens is 432 g/mol. The van der Waals surface area contributed by atoms with E-state index in [1.165, 1.54) is 27.7 Å². The number of pyridine rings is 1. The minimum Gasteiger partial charge on any atom is -0.457 e. The minimum absolute atomic E-state index is 0.799. The highest BCUT2D eigenvalue weighted by Crippen LogP contribution is 2.36. The molecule has 2 aromatic heterocycles. The van der Waals surface area contributed by atoms with Gasteiger partial charge in [-0.2, -0.15) is 0 Å². The van der Waals surface area contributed by atoms with Gasteiger partial charge in [0.2, 0.25) is 0 Å². The maximum atomic E-state index is 6.40. The molecule has 0 radical (unpaired) electrons. The van der Waals surface area contributed by atoms with Gasteiger partial charge in [0, 0.05) is 53.2 Å². The second kappa shape index (κ2) is 8.20. The fraction of sp³-hybridized carbons (Fsp3) is 0.167. The smallest absolute Gasteiger partial charge is 0.137 e. The number of benzene rings is 3. The zero-order valence-electron chi connectivity index (χ0n) is 20.5. The Bertz CT molecular complexity index is 1610. The van der Waals surface area contributed by atoms with Crippen LogP contribution in [0.25, 0.3) is 27.6 Å². The number of ether oxygens (including phenoxy) is 1. The van der Waals surface area contributed by atoms with E-state index in [9.17, 15) is 0 Å². The quantitative estimate of drug-likeness (QED) is 0.283. The lowest BCUT2D eigenvalue weighted by Gasteiger charge is -2.21. The summed E-state index contributed by atoms with van der Waals surface area (Å²) in [6.07, 6.45) is 1.87. The summed E-state index contributed by atoms with van der Waals surface area (Å²) < 4.78 is 8.62. The van der Waals surface area contributed by atoms with Gasteiger partial charge in [-0.15, -0.1) is 0 Å². The van der Waals surface area contributed by atoms with Crippen LogP contribution in [0, 0.1) is 6.92 Å². The van der Waals surface area contributed by atoms with Crippen molar-refractivity contribution in [3.05, 3.63) is 102 Å². The van der Waals surface area contributed by atoms with Crippen LogP contribution in [0.5, 0.6) is 11.5 Å². The van der Waals surface area contributed by atoms with Gasteiger partial charge >= 0.3 is 0 Å². The van der Waals surface area contributed by atoms with E-state index in [4.69, 9.17) is 4.74 Å². The van der Waals surface area contributed by atoms with Gasteiger partial charge in [-0.3, -0.25) is 4.57 Å². The third-order valence-electron chi connectivity index (χ3n) is 6.99. The van der Waals surface area contributed by atoms with Gasteiger partial charge in [0.05, 0.1) is 17.7 Å². The van der Waals surface area contributed by atoms with Crippen LogP contribution in [0.2, 0.25) is 0 Å². The van der Waals surface area contributed by atoms with E-state index in [1.807, 2.05) is 24.4 Å². The molecule has 35 heavy (non-hydrogen) atoms. The van der Waals surface area contributed by atoms with Crippen molar-refractivity contribution in [2.75, 3.05) is 18.6 Å². The Morgan fingerprint density at radius 1 is 0.743 bits per heavy atom. The Kier molecular flexibility index (Phi) is 4.99. The molecule has 0 saturated carbocycles. The molecule has 0 unspecified atom stereocenters. The number of rotatable bonds is 4. The predicted molar refractivity (Wildman–Crippen MR) is 143 cm³/mol. The van der Waals surface area contributed by atoms with Crippen LogP contribution < -0.4 is 9.64 Å². The van der Waals surface area contributed by atoms with Gasteiger partial charge in [-0.1, -0.05) is 24.3 Å². The van der Waals surface area contributed by atoms with E-state index in [0.717, 1.165) is 40.7 Å². The number of aromatic nitrogens is 2. The summed E-state index contributed by atoms with van der Waals surface area (Å²) >= 11 is 0. The fourth-order valence-corrected chi connectivity index (χ4v) is 4.93. The van der Waals surface area contributed by atoms with E-state index in [2.05, 4.69) is 108 Å². The molecule has 0 aliphatic carbocycles. The minimum atomic E-state index is 0.799. The molecule has 1 aliphatic heterocycles. The Morgan fingerprint density at radius 3 is 2.34 bits per heavy atom. The van der Waals surface area contributed by atoms with Crippen molar-refractivity contribution in [3.63, 3.8) is 0 Å². The highest BCUT2D eigenvalue weighted by Gasteiger charge is 2.22. The molecule has 0 saturated heterocycles. The SMILES string of the molecule is CC1=C(C)N(c2cccc(Oc3ccc4c5ccccc5n(-c5cc(C)ccn5)c4c3)c2)CN1C. The number of para-hydroxylation sites is 1. The molecule has 0 spiro atoms. The van der Waals surface area contributed by atoms with Crippen molar-refractivity contribution in [2.24, 2.45) is 0 Å². The summed E-state index contributed by atoms with van der Waals surface area (Å²) in [5.41, 5.74) is 7.07. The van der Waals surface area contributed by atoms with Gasteiger partial charge in [-0.25, -0.2) is 4.98 Å². The monoisotopic (exact) mass is 460 g/mol. The molecule has 0 amide bonds. The first-order valence-electron chi connectivity index (χ1n) is 11.9. The number of hydrogen-bond donors (Lipinski definition) is 0. The van der Waals surface area contributed by atoms with E-state index in [-0.39, 0.29) is 0 Å². The van der Waals surface area contributed by atoms with Crippen molar-refractivity contribution < 1.29 is 4.74 Å². The second-order valence-electron chi connectivity index (χ2n) is 9.26.